The molecule has 0 radical (unpaired) electrons. The van der Waals surface area contributed by atoms with Gasteiger partial charge in [-0.3, -0.25) is 38.3 Å². The van der Waals surface area contributed by atoms with Crippen LogP contribution in [0.25, 0.3) is 0 Å². The van der Waals surface area contributed by atoms with Crippen molar-refractivity contribution in [1.82, 2.24) is 79.6 Å². The molecule has 0 spiro atoms. The third kappa shape index (κ3) is 20.9. The van der Waals surface area contributed by atoms with Gasteiger partial charge in [0.15, 0.2) is 0 Å². The third-order valence-corrected chi connectivity index (χ3v) is 23.2. The van der Waals surface area contributed by atoms with Gasteiger partial charge in [0.2, 0.25) is 0 Å². The summed E-state index contributed by atoms with van der Waals surface area (Å²) in [6.45, 7) is 3.07. The van der Waals surface area contributed by atoms with Crippen molar-refractivity contribution in [1.29, 1.82) is 0 Å². The second-order valence-electron chi connectivity index (χ2n) is 31.2. The molecule has 4 aromatic heterocycles. The molecule has 8 aromatic rings. The summed E-state index contributed by atoms with van der Waals surface area (Å²) in [7, 11) is 0. The maximum atomic E-state index is 10.6. The molecule has 8 heterocycles. The molecule has 16 N–H and O–H groups in total. The second-order valence-corrected chi connectivity index (χ2v) is 31.2. The summed E-state index contributed by atoms with van der Waals surface area (Å²) < 4.78 is 35.2. The average Bonchev–Trinajstić information content (AvgIpc) is 0.870. The van der Waals surface area contributed by atoms with Gasteiger partial charge in [-0.15, -0.1) is 20.4 Å². The number of aromatic nitrogens is 12. The Bertz CT molecular complexity index is 3780. The first-order valence-corrected chi connectivity index (χ1v) is 40.3. The lowest BCUT2D eigenvalue weighted by Gasteiger charge is -2.43. The van der Waals surface area contributed by atoms with E-state index in [0.717, 1.165) is 44.5 Å². The second kappa shape index (κ2) is 40.5. The molecule has 13 rings (SSSR count). The Balaban J connectivity index is 0.767. The normalized spacial score (nSPS) is 26.3. The molecule has 632 valence electrons. The predicted octanol–water partition coefficient (Wildman–Crippen LogP) is -4.19. The van der Waals surface area contributed by atoms with Crippen LogP contribution >= 0.6 is 0 Å². The van der Waals surface area contributed by atoms with Gasteiger partial charge in [0.25, 0.3) is 0 Å². The predicted molar refractivity (Wildman–Crippen MR) is 414 cm³/mol. The number of ether oxygens (including phenoxy) is 4. The number of likely N-dealkylation sites (tertiary alicyclic amines) is 4. The number of hydrogen-bond donors (Lipinski definition) is 16. The van der Waals surface area contributed by atoms with Crippen LogP contribution in [-0.4, -0.2) is 364 Å². The minimum Gasteiger partial charge on any atom is -0.493 e. The fourth-order valence-corrected chi connectivity index (χ4v) is 16.7. The maximum absolute atomic E-state index is 10.6. The van der Waals surface area contributed by atoms with Crippen LogP contribution in [0.5, 0.6) is 23.0 Å². The minimum absolute atomic E-state index is 0.0742. The molecule has 0 amide bonds. The number of para-hydroxylation sites is 4. The lowest BCUT2D eigenvalue weighted by molar-refractivity contribution is -0.144. The van der Waals surface area contributed by atoms with Gasteiger partial charge in [-0.25, -0.2) is 0 Å². The van der Waals surface area contributed by atoms with Crippen LogP contribution in [0, 0.1) is 0 Å². The molecule has 36 nitrogen and oxygen atoms in total. The van der Waals surface area contributed by atoms with E-state index in [0.29, 0.717) is 175 Å². The topological polar surface area (TPSA) is 496 Å². The van der Waals surface area contributed by atoms with Crippen molar-refractivity contribution in [3.8, 4) is 23.0 Å². The molecule has 116 heavy (non-hydrogen) atoms. The van der Waals surface area contributed by atoms with Gasteiger partial charge in [-0.05, 0) is 44.5 Å². The van der Waals surface area contributed by atoms with Gasteiger partial charge in [-0.2, -0.15) is 0 Å². The van der Waals surface area contributed by atoms with Crippen molar-refractivity contribution in [3.05, 3.63) is 165 Å². The Morgan fingerprint density at radius 1 is 0.276 bits per heavy atom. The van der Waals surface area contributed by atoms with Crippen LogP contribution in [-0.2, 0) is 77.5 Å². The van der Waals surface area contributed by atoms with Crippen LogP contribution < -0.4 is 18.9 Å². The Morgan fingerprint density at radius 3 is 0.664 bits per heavy atom. The highest BCUT2D eigenvalue weighted by Crippen LogP contribution is 2.40. The van der Waals surface area contributed by atoms with E-state index >= 15 is 0 Å². The number of piperidine rings is 4. The molecule has 4 aliphatic heterocycles. The number of aliphatic hydroxyl groups excluding tert-OH is 16. The number of nitrogens with zero attached hydrogens (tertiary/aromatic N) is 16. The molecule has 4 saturated heterocycles. The lowest BCUT2D eigenvalue weighted by atomic mass is 9.91. The van der Waals surface area contributed by atoms with E-state index in [-0.39, 0.29) is 52.6 Å². The van der Waals surface area contributed by atoms with E-state index in [9.17, 15) is 81.7 Å². The van der Waals surface area contributed by atoms with E-state index < -0.39 is 124 Å². The van der Waals surface area contributed by atoms with Crippen molar-refractivity contribution in [2.24, 2.45) is 0 Å². The summed E-state index contributed by atoms with van der Waals surface area (Å²) in [5, 5.41) is 201. The van der Waals surface area contributed by atoms with Crippen molar-refractivity contribution in [2.75, 3.05) is 105 Å². The number of benzene rings is 4. The Morgan fingerprint density at radius 2 is 0.474 bits per heavy atom. The van der Waals surface area contributed by atoms with Crippen molar-refractivity contribution < 1.29 is 101 Å². The van der Waals surface area contributed by atoms with E-state index in [1.54, 1.807) is 38.3 Å². The molecule has 16 atom stereocenters. The molecular weight excluding hydrogens is 1500 g/mol. The summed E-state index contributed by atoms with van der Waals surface area (Å²) in [6.07, 6.45) is -2.72. The number of β-amino-alcohol motifs (C(OH)–C–C–N with tert-alkyl or cyclic N) is 4. The molecule has 0 saturated carbocycles. The number of aliphatic hydroxyl groups is 16. The minimum atomic E-state index is -1.37. The molecule has 0 unspecified atom stereocenters. The highest BCUT2D eigenvalue weighted by atomic mass is 16.5. The SMILES string of the molecule is OC[C@@H]1[C@@H](O)[C@H](O)[C@@H](O)CN1CCc1cn(CCCOc2c3cccc2Cc2cccc(c2OCCCn2cc(CCN4C[C@H](O)[C@@H](O)[C@H](O)[C@H]4CO)nn2)Cc2cccc(c2OCCCn2cc(CCN4C[C@H](O)[C@@H](O)[C@H](O)[C@H]4CO)nn2)Cc2cccc(c2OCCCn2cc(CCN4C[C@H](O)[C@@H](O)[C@H](O)[C@H]4CO)nn2)C3)nn1. The highest BCUT2D eigenvalue weighted by molar-refractivity contribution is 5.56. The number of fused-ring (bicyclic) bond motifs is 8. The van der Waals surface area contributed by atoms with Crippen LogP contribution in [0.2, 0.25) is 0 Å². The van der Waals surface area contributed by atoms with Crippen molar-refractivity contribution in [3.63, 3.8) is 0 Å². The lowest BCUT2D eigenvalue weighted by Crippen LogP contribution is -2.62. The summed E-state index contributed by atoms with van der Waals surface area (Å²) in [4.78, 5) is 7.00. The van der Waals surface area contributed by atoms with Gasteiger partial charge in [0.05, 0.1) is 124 Å². The maximum Gasteiger partial charge on any atom is 0.126 e. The van der Waals surface area contributed by atoms with Gasteiger partial charge in [-0.1, -0.05) is 93.6 Å². The zero-order valence-corrected chi connectivity index (χ0v) is 65.0. The van der Waals surface area contributed by atoms with Gasteiger partial charge < -0.3 is 101 Å². The molecule has 5 aliphatic rings. The number of aryl methyl sites for hydroxylation is 4. The Labute approximate surface area is 671 Å². The fourth-order valence-electron chi connectivity index (χ4n) is 16.7. The summed E-state index contributed by atoms with van der Waals surface area (Å²) >= 11 is 0. The first kappa shape index (κ1) is 85.7. The molecule has 4 aromatic carbocycles. The van der Waals surface area contributed by atoms with Gasteiger partial charge >= 0.3 is 0 Å². The molecule has 1 aliphatic carbocycles. The van der Waals surface area contributed by atoms with E-state index in [2.05, 4.69) is 89.8 Å². The van der Waals surface area contributed by atoms with Crippen molar-refractivity contribution >= 4 is 0 Å². The van der Waals surface area contributed by atoms with E-state index in [4.69, 9.17) is 18.9 Å². The van der Waals surface area contributed by atoms with Crippen molar-refractivity contribution in [2.45, 2.75) is 201 Å². The van der Waals surface area contributed by atoms with E-state index in [1.807, 2.05) is 49.1 Å². The standard InChI is InChI=1S/C80H112N16O20/c97-45-61-69(105)73(109)65(101)41-89(61)25-17-57-37-93(85-81-57)21-5-29-113-77-49-9-1-10-50(77)34-52-12-3-14-54(79(52)115-31-7-23-95-39-59(83-87-95)19-27-91-43-67(103)75(111)71(107)63(91)47-99)36-56-16-4-15-55(80(56)116-32-8-24-96-40-60(84-88-96)20-28-92-44-68(104)76(112)72(108)64(92)48-100)35-53-13-2-11-51(33-49)78(53)114-30-6-22-94-38-58(82-86-94)18-26-90-42-66(102)74(110)70(106)62(90)46-98/h1-4,9-16,37-40,61-76,97-112H,5-8,17-36,41-48H2/t61-,62-,63-,64-,65+,66+,67+,68+,69-,70-,71-,72-,73-,74-,75-,76-/m1/s1. The van der Waals surface area contributed by atoms with Crippen LogP contribution in [0.1, 0.15) is 93.0 Å². The number of hydrogen-bond acceptors (Lipinski definition) is 32. The molecular formula is C80H112N16O20. The first-order chi connectivity index (χ1) is 56.3. The molecule has 4 fully saturated rings. The zero-order valence-electron chi connectivity index (χ0n) is 65.0. The largest absolute Gasteiger partial charge is 0.493 e. The number of rotatable bonds is 36. The highest BCUT2D eigenvalue weighted by Gasteiger charge is 2.45. The third-order valence-electron chi connectivity index (χ3n) is 23.2. The van der Waals surface area contributed by atoms with Crippen LogP contribution in [0.15, 0.2) is 97.6 Å². The van der Waals surface area contributed by atoms with Crippen LogP contribution in [0.3, 0.4) is 0 Å². The summed E-state index contributed by atoms with van der Waals surface area (Å²) in [6, 6.07) is 21.7. The Kier molecular flexibility index (Phi) is 29.9. The molecule has 36 heteroatoms. The van der Waals surface area contributed by atoms with E-state index in [1.165, 1.54) is 0 Å². The quantitative estimate of drug-likeness (QED) is 0.0166. The van der Waals surface area contributed by atoms with Gasteiger partial charge in [0.1, 0.15) is 71.8 Å². The Hall–Kier alpha value is -8.16. The first-order valence-electron chi connectivity index (χ1n) is 40.3. The van der Waals surface area contributed by atoms with Crippen LogP contribution in [0.4, 0.5) is 0 Å². The average molecular weight is 1620 g/mol. The summed E-state index contributed by atoms with van der Waals surface area (Å²) in [5.41, 5.74) is 9.89. The smallest absolute Gasteiger partial charge is 0.126 e. The van der Waals surface area contributed by atoms with Gasteiger partial charge in [0, 0.05) is 180 Å². The zero-order chi connectivity index (χ0) is 81.5. The summed E-state index contributed by atoms with van der Waals surface area (Å²) in [5.74, 6) is 2.77. The molecule has 8 bridgehead atoms. The monoisotopic (exact) mass is 1620 g/mol. The fraction of sp³-hybridized carbons (Fsp3) is 0.600.